The second kappa shape index (κ2) is 8.32. The third-order valence-electron chi connectivity index (χ3n) is 4.72. The second-order valence-electron chi connectivity index (χ2n) is 6.91. The van der Waals surface area contributed by atoms with Crippen LogP contribution in [0.3, 0.4) is 0 Å². The summed E-state index contributed by atoms with van der Waals surface area (Å²) in [6.07, 6.45) is -1.27. The van der Waals surface area contributed by atoms with Gasteiger partial charge in [0.05, 0.1) is 5.69 Å². The molecule has 1 aliphatic rings. The van der Waals surface area contributed by atoms with Crippen molar-refractivity contribution in [1.29, 1.82) is 0 Å². The van der Waals surface area contributed by atoms with Gasteiger partial charge in [0.2, 0.25) is 0 Å². The van der Waals surface area contributed by atoms with Crippen LogP contribution in [0.15, 0.2) is 54.6 Å². The van der Waals surface area contributed by atoms with Gasteiger partial charge in [0, 0.05) is 0 Å². The number of hydrogen-bond acceptors (Lipinski definition) is 5. The van der Waals surface area contributed by atoms with Crippen LogP contribution in [0.2, 0.25) is 0 Å². The minimum atomic E-state index is -1.31. The summed E-state index contributed by atoms with van der Waals surface area (Å²) in [5.41, 5.74) is -0.804. The van der Waals surface area contributed by atoms with Gasteiger partial charge in [-0.25, -0.2) is 9.18 Å². The highest BCUT2D eigenvalue weighted by molar-refractivity contribution is 6.09. The largest absolute Gasteiger partial charge is 0.451 e. The Morgan fingerprint density at radius 2 is 1.77 bits per heavy atom. The van der Waals surface area contributed by atoms with Crippen LogP contribution in [0, 0.1) is 5.82 Å². The molecular formula is C21H20FN3O5. The highest BCUT2D eigenvalue weighted by Gasteiger charge is 2.49. The molecule has 9 heteroatoms. The normalized spacial score (nSPS) is 19.2. The number of amides is 4. The first-order valence-corrected chi connectivity index (χ1v) is 9.17. The minimum Gasteiger partial charge on any atom is -0.451 e. The van der Waals surface area contributed by atoms with Gasteiger partial charge in [-0.3, -0.25) is 19.3 Å². The van der Waals surface area contributed by atoms with Gasteiger partial charge in [0.25, 0.3) is 11.8 Å². The summed E-state index contributed by atoms with van der Waals surface area (Å²) in [6, 6.07) is 13.4. The summed E-state index contributed by atoms with van der Waals surface area (Å²) in [7, 11) is 0. The van der Waals surface area contributed by atoms with Gasteiger partial charge < -0.3 is 15.4 Å². The molecule has 3 rings (SSSR count). The number of ether oxygens (including phenoxy) is 1. The van der Waals surface area contributed by atoms with Gasteiger partial charge in [-0.15, -0.1) is 0 Å². The number of rotatable bonds is 6. The number of urea groups is 1. The summed E-state index contributed by atoms with van der Waals surface area (Å²) < 4.78 is 18.6. The maximum Gasteiger partial charge on any atom is 0.327 e. The van der Waals surface area contributed by atoms with Crippen molar-refractivity contribution in [3.63, 3.8) is 0 Å². The zero-order valence-electron chi connectivity index (χ0n) is 16.3. The molecule has 0 bridgehead atoms. The fourth-order valence-electron chi connectivity index (χ4n) is 3.02. The fraction of sp³-hybridized carbons (Fsp3) is 0.238. The molecule has 2 aromatic carbocycles. The number of imide groups is 1. The lowest BCUT2D eigenvalue weighted by molar-refractivity contribution is -0.155. The molecule has 2 atom stereocenters. The molecular weight excluding hydrogens is 393 g/mol. The Morgan fingerprint density at radius 1 is 1.13 bits per heavy atom. The molecule has 1 aliphatic heterocycles. The van der Waals surface area contributed by atoms with Crippen LogP contribution in [-0.2, 0) is 24.7 Å². The van der Waals surface area contributed by atoms with E-state index in [0.29, 0.717) is 5.56 Å². The van der Waals surface area contributed by atoms with Gasteiger partial charge in [-0.1, -0.05) is 42.5 Å². The highest BCUT2D eigenvalue weighted by Crippen LogP contribution is 2.28. The van der Waals surface area contributed by atoms with E-state index < -0.39 is 47.8 Å². The van der Waals surface area contributed by atoms with Crippen LogP contribution in [0.4, 0.5) is 14.9 Å². The molecule has 30 heavy (non-hydrogen) atoms. The molecule has 0 aliphatic carbocycles. The van der Waals surface area contributed by atoms with E-state index in [-0.39, 0.29) is 5.69 Å². The first kappa shape index (κ1) is 21.0. The Labute approximate surface area is 172 Å². The summed E-state index contributed by atoms with van der Waals surface area (Å²) in [4.78, 5) is 50.2. The van der Waals surface area contributed by atoms with Crippen molar-refractivity contribution >= 4 is 29.5 Å². The zero-order chi connectivity index (χ0) is 21.9. The van der Waals surface area contributed by atoms with E-state index in [1.165, 1.54) is 31.2 Å². The van der Waals surface area contributed by atoms with Crippen LogP contribution in [0.1, 0.15) is 19.4 Å². The predicted molar refractivity (Wildman–Crippen MR) is 105 cm³/mol. The van der Waals surface area contributed by atoms with Crippen molar-refractivity contribution in [2.45, 2.75) is 25.5 Å². The molecule has 2 aromatic rings. The van der Waals surface area contributed by atoms with Gasteiger partial charge in [0.15, 0.2) is 6.10 Å². The Morgan fingerprint density at radius 3 is 2.43 bits per heavy atom. The third kappa shape index (κ3) is 4.14. The number of nitrogens with zero attached hydrogens (tertiary/aromatic N) is 1. The van der Waals surface area contributed by atoms with Crippen LogP contribution >= 0.6 is 0 Å². The predicted octanol–water partition coefficient (Wildman–Crippen LogP) is 2.16. The van der Waals surface area contributed by atoms with Gasteiger partial charge in [0.1, 0.15) is 17.9 Å². The van der Waals surface area contributed by atoms with Gasteiger partial charge in [-0.05, 0) is 31.5 Å². The molecule has 1 saturated heterocycles. The van der Waals surface area contributed by atoms with Crippen molar-refractivity contribution in [2.24, 2.45) is 0 Å². The van der Waals surface area contributed by atoms with Gasteiger partial charge in [-0.2, -0.15) is 0 Å². The molecule has 156 valence electrons. The summed E-state index contributed by atoms with van der Waals surface area (Å²) in [5.74, 6) is -2.95. The first-order chi connectivity index (χ1) is 14.2. The van der Waals surface area contributed by atoms with Crippen molar-refractivity contribution < 1.29 is 28.3 Å². The third-order valence-corrected chi connectivity index (χ3v) is 4.72. The number of hydrogen-bond donors (Lipinski definition) is 2. The molecule has 4 amide bonds. The Hall–Kier alpha value is -3.75. The lowest BCUT2D eigenvalue weighted by atomic mass is 9.92. The van der Waals surface area contributed by atoms with E-state index in [2.05, 4.69) is 10.6 Å². The maximum atomic E-state index is 13.6. The van der Waals surface area contributed by atoms with E-state index in [1.807, 2.05) is 0 Å². The number of carbonyl (C=O) groups excluding carboxylic acids is 4. The van der Waals surface area contributed by atoms with Crippen molar-refractivity contribution in [2.75, 3.05) is 11.9 Å². The first-order valence-electron chi connectivity index (χ1n) is 9.17. The molecule has 0 aromatic heterocycles. The van der Waals surface area contributed by atoms with Crippen LogP contribution in [0.25, 0.3) is 0 Å². The van der Waals surface area contributed by atoms with Crippen LogP contribution in [-0.4, -0.2) is 41.4 Å². The van der Waals surface area contributed by atoms with E-state index in [1.54, 1.807) is 37.3 Å². The second-order valence-corrected chi connectivity index (χ2v) is 6.91. The Bertz CT molecular complexity index is 997. The van der Waals surface area contributed by atoms with Crippen molar-refractivity contribution in [3.05, 3.63) is 66.0 Å². The smallest absolute Gasteiger partial charge is 0.327 e. The summed E-state index contributed by atoms with van der Waals surface area (Å²) in [6.45, 7) is 2.18. The minimum absolute atomic E-state index is 0.0573. The average Bonchev–Trinajstić information content (AvgIpc) is 2.94. The van der Waals surface area contributed by atoms with Crippen molar-refractivity contribution in [3.8, 4) is 0 Å². The number of para-hydroxylation sites is 1. The number of halogens is 1. The summed E-state index contributed by atoms with van der Waals surface area (Å²) in [5, 5.41) is 4.89. The molecule has 0 saturated carbocycles. The molecule has 1 fully saturated rings. The zero-order valence-corrected chi connectivity index (χ0v) is 16.3. The lowest BCUT2D eigenvalue weighted by Gasteiger charge is -2.22. The lowest BCUT2D eigenvalue weighted by Crippen LogP contribution is -2.42. The quantitative estimate of drug-likeness (QED) is 0.558. The van der Waals surface area contributed by atoms with Crippen LogP contribution in [0.5, 0.6) is 0 Å². The van der Waals surface area contributed by atoms with Gasteiger partial charge >= 0.3 is 12.0 Å². The van der Waals surface area contributed by atoms with Crippen molar-refractivity contribution in [1.82, 2.24) is 10.2 Å². The number of benzene rings is 2. The number of carbonyl (C=O) groups is 4. The van der Waals surface area contributed by atoms with Crippen LogP contribution < -0.4 is 10.6 Å². The number of nitrogens with one attached hydrogen (secondary N) is 2. The molecule has 0 spiro atoms. The Balaban J connectivity index is 1.62. The molecule has 1 heterocycles. The van der Waals surface area contributed by atoms with E-state index in [0.717, 1.165) is 4.90 Å². The molecule has 2 N–H and O–H groups in total. The van der Waals surface area contributed by atoms with E-state index in [9.17, 15) is 23.6 Å². The highest BCUT2D eigenvalue weighted by atomic mass is 19.1. The van der Waals surface area contributed by atoms with E-state index >= 15 is 0 Å². The number of esters is 1. The molecule has 8 nitrogen and oxygen atoms in total. The fourth-order valence-corrected chi connectivity index (χ4v) is 3.02. The van der Waals surface area contributed by atoms with E-state index in [4.69, 9.17) is 4.74 Å². The Kier molecular flexibility index (Phi) is 5.81. The molecule has 0 unspecified atom stereocenters. The monoisotopic (exact) mass is 413 g/mol. The summed E-state index contributed by atoms with van der Waals surface area (Å²) >= 11 is 0. The maximum absolute atomic E-state index is 13.6. The SMILES string of the molecule is C[C@H](OC(=O)CN1C(=O)N[C@](C)(c2ccccc2)C1=O)C(=O)Nc1ccccc1F. The topological polar surface area (TPSA) is 105 Å². The number of anilines is 1. The molecule has 0 radical (unpaired) electrons. The standard InChI is InChI=1S/C21H20FN3O5/c1-13(18(27)23-16-11-7-6-10-15(16)22)30-17(26)12-25-19(28)21(2,24-20(25)29)14-8-4-3-5-9-14/h3-11,13H,12H2,1-2H3,(H,23,27)(H,24,29)/t13-,21+/m0/s1. The average molecular weight is 413 g/mol.